The number of methoxy groups -OCH3 is 1. The number of nitrogens with one attached hydrogen (secondary N) is 2. The molecule has 0 aromatic heterocycles. The second kappa shape index (κ2) is 9.63. The number of hydrogen-bond donors (Lipinski definition) is 2. The molecule has 0 fully saturated rings. The van der Waals surface area contributed by atoms with Gasteiger partial charge in [0.25, 0.3) is 15.9 Å². The van der Waals surface area contributed by atoms with Gasteiger partial charge in [-0.05, 0) is 61.0 Å². The maximum atomic E-state index is 12.4. The zero-order valence-corrected chi connectivity index (χ0v) is 18.4. The fourth-order valence-corrected chi connectivity index (χ4v) is 3.74. The van der Waals surface area contributed by atoms with E-state index in [0.29, 0.717) is 33.3 Å². The van der Waals surface area contributed by atoms with Crippen LogP contribution in [-0.4, -0.2) is 27.1 Å². The first-order valence-electron chi connectivity index (χ1n) is 9.16. The molecule has 2 N–H and O–H groups in total. The van der Waals surface area contributed by atoms with Gasteiger partial charge in [0.05, 0.1) is 28.3 Å². The van der Waals surface area contributed by atoms with E-state index in [-0.39, 0.29) is 10.8 Å². The minimum Gasteiger partial charge on any atom is -0.497 e. The quantitative estimate of drug-likeness (QED) is 0.408. The number of sulfonamides is 1. The van der Waals surface area contributed by atoms with Crippen molar-refractivity contribution in [1.82, 2.24) is 4.83 Å². The van der Waals surface area contributed by atoms with Crippen LogP contribution in [0.25, 0.3) is 0 Å². The summed E-state index contributed by atoms with van der Waals surface area (Å²) >= 11 is 6.07. The minimum absolute atomic E-state index is 0.0607. The SMILES string of the molecule is COc1ccc(S(=O)(=O)N/N=C(\C)c2cccc(NC(=O)c3ccccc3Cl)c2)cc1. The smallest absolute Gasteiger partial charge is 0.276 e. The maximum Gasteiger partial charge on any atom is 0.276 e. The molecule has 31 heavy (non-hydrogen) atoms. The fourth-order valence-electron chi connectivity index (χ4n) is 2.67. The van der Waals surface area contributed by atoms with E-state index in [4.69, 9.17) is 16.3 Å². The predicted molar refractivity (Wildman–Crippen MR) is 121 cm³/mol. The van der Waals surface area contributed by atoms with Crippen LogP contribution in [0.4, 0.5) is 5.69 Å². The highest BCUT2D eigenvalue weighted by Crippen LogP contribution is 2.19. The molecule has 0 bridgehead atoms. The highest BCUT2D eigenvalue weighted by Gasteiger charge is 2.14. The molecule has 3 rings (SSSR count). The first-order chi connectivity index (χ1) is 14.8. The van der Waals surface area contributed by atoms with Crippen LogP contribution >= 0.6 is 11.6 Å². The fraction of sp³-hybridized carbons (Fsp3) is 0.0909. The molecule has 9 heteroatoms. The molecule has 0 aliphatic carbocycles. The van der Waals surface area contributed by atoms with Gasteiger partial charge >= 0.3 is 0 Å². The topological polar surface area (TPSA) is 96.9 Å². The highest BCUT2D eigenvalue weighted by molar-refractivity contribution is 7.89. The molecule has 0 aliphatic rings. The first kappa shape index (κ1) is 22.3. The third kappa shape index (κ3) is 5.62. The molecule has 0 saturated heterocycles. The van der Waals surface area contributed by atoms with Gasteiger partial charge in [-0.2, -0.15) is 18.4 Å². The molecule has 0 radical (unpaired) electrons. The Morgan fingerprint density at radius 2 is 1.71 bits per heavy atom. The average molecular weight is 458 g/mol. The first-order valence-corrected chi connectivity index (χ1v) is 11.0. The third-order valence-electron chi connectivity index (χ3n) is 4.36. The lowest BCUT2D eigenvalue weighted by Crippen LogP contribution is -2.20. The summed E-state index contributed by atoms with van der Waals surface area (Å²) in [5.41, 5.74) is 1.93. The summed E-state index contributed by atoms with van der Waals surface area (Å²) in [5, 5.41) is 7.11. The summed E-state index contributed by atoms with van der Waals surface area (Å²) < 4.78 is 29.9. The van der Waals surface area contributed by atoms with Gasteiger partial charge in [0, 0.05) is 5.69 Å². The standard InChI is InChI=1S/C22H20ClN3O4S/c1-15(25-26-31(28,29)19-12-10-18(30-2)11-13-19)16-6-5-7-17(14-16)24-22(27)20-8-3-4-9-21(20)23/h3-14,26H,1-2H3,(H,24,27)/b25-15+. The lowest BCUT2D eigenvalue weighted by molar-refractivity contribution is 0.102. The Morgan fingerprint density at radius 3 is 2.39 bits per heavy atom. The van der Waals surface area contributed by atoms with Crippen LogP contribution in [0.15, 0.2) is 82.8 Å². The Kier molecular flexibility index (Phi) is 6.94. The summed E-state index contributed by atoms with van der Waals surface area (Å²) in [7, 11) is -2.34. The number of ether oxygens (including phenoxy) is 1. The Hall–Kier alpha value is -3.36. The van der Waals surface area contributed by atoms with Crippen molar-refractivity contribution >= 4 is 38.9 Å². The van der Waals surface area contributed by atoms with E-state index in [1.54, 1.807) is 67.6 Å². The molecule has 7 nitrogen and oxygen atoms in total. The van der Waals surface area contributed by atoms with Crippen molar-refractivity contribution in [3.05, 3.63) is 88.9 Å². The summed E-state index contributed by atoms with van der Waals surface area (Å²) in [6, 6.07) is 19.6. The van der Waals surface area contributed by atoms with Gasteiger partial charge in [-0.15, -0.1) is 0 Å². The summed E-state index contributed by atoms with van der Waals surface area (Å²) in [6.07, 6.45) is 0. The molecule has 160 valence electrons. The van der Waals surface area contributed by atoms with Crippen molar-refractivity contribution in [3.8, 4) is 5.75 Å². The number of nitrogens with zero attached hydrogens (tertiary/aromatic N) is 1. The zero-order chi connectivity index (χ0) is 22.4. The molecule has 0 spiro atoms. The summed E-state index contributed by atoms with van der Waals surface area (Å²) in [6.45, 7) is 1.66. The molecule has 3 aromatic carbocycles. The number of hydrogen-bond acceptors (Lipinski definition) is 5. The number of amides is 1. The van der Waals surface area contributed by atoms with Crippen molar-refractivity contribution < 1.29 is 17.9 Å². The van der Waals surface area contributed by atoms with E-state index in [1.165, 1.54) is 19.2 Å². The van der Waals surface area contributed by atoms with Crippen LogP contribution in [0.5, 0.6) is 5.75 Å². The van der Waals surface area contributed by atoms with Gasteiger partial charge in [-0.1, -0.05) is 35.9 Å². The average Bonchev–Trinajstić information content (AvgIpc) is 2.78. The zero-order valence-electron chi connectivity index (χ0n) is 16.8. The Labute approximate surface area is 185 Å². The van der Waals surface area contributed by atoms with Gasteiger partial charge in [-0.3, -0.25) is 4.79 Å². The highest BCUT2D eigenvalue weighted by atomic mass is 35.5. The number of benzene rings is 3. The van der Waals surface area contributed by atoms with E-state index >= 15 is 0 Å². The number of hydrazone groups is 1. The second-order valence-electron chi connectivity index (χ2n) is 6.48. The van der Waals surface area contributed by atoms with E-state index in [9.17, 15) is 13.2 Å². The van der Waals surface area contributed by atoms with Crippen LogP contribution in [0.1, 0.15) is 22.8 Å². The monoisotopic (exact) mass is 457 g/mol. The van der Waals surface area contributed by atoms with Crippen molar-refractivity contribution in [2.75, 3.05) is 12.4 Å². The number of carbonyl (C=O) groups excluding carboxylic acids is 1. The Bertz CT molecular complexity index is 1230. The molecule has 1 amide bonds. The van der Waals surface area contributed by atoms with Crippen LogP contribution in [-0.2, 0) is 10.0 Å². The molecule has 0 aliphatic heterocycles. The van der Waals surface area contributed by atoms with Crippen LogP contribution < -0.4 is 14.9 Å². The molecular weight excluding hydrogens is 438 g/mol. The molecule has 0 unspecified atom stereocenters. The van der Waals surface area contributed by atoms with Gasteiger partial charge in [-0.25, -0.2) is 0 Å². The van der Waals surface area contributed by atoms with Gasteiger partial charge in [0.1, 0.15) is 5.75 Å². The van der Waals surface area contributed by atoms with Crippen LogP contribution in [0, 0.1) is 0 Å². The molecule has 0 saturated carbocycles. The Morgan fingerprint density at radius 1 is 1.00 bits per heavy atom. The third-order valence-corrected chi connectivity index (χ3v) is 5.91. The van der Waals surface area contributed by atoms with E-state index < -0.39 is 10.0 Å². The van der Waals surface area contributed by atoms with Crippen molar-refractivity contribution in [3.63, 3.8) is 0 Å². The summed E-state index contributed by atoms with van der Waals surface area (Å²) in [4.78, 5) is 14.7. The number of anilines is 1. The van der Waals surface area contributed by atoms with Gasteiger partial charge < -0.3 is 10.1 Å². The lowest BCUT2D eigenvalue weighted by atomic mass is 10.1. The minimum atomic E-state index is -3.84. The van der Waals surface area contributed by atoms with Crippen LogP contribution in [0.3, 0.4) is 0 Å². The maximum absolute atomic E-state index is 12.4. The van der Waals surface area contributed by atoms with E-state index in [2.05, 4.69) is 15.2 Å². The molecule has 0 atom stereocenters. The van der Waals surface area contributed by atoms with Crippen molar-refractivity contribution in [2.24, 2.45) is 5.10 Å². The van der Waals surface area contributed by atoms with Gasteiger partial charge in [0.2, 0.25) is 0 Å². The molecule has 0 heterocycles. The van der Waals surface area contributed by atoms with E-state index in [1.807, 2.05) is 0 Å². The summed E-state index contributed by atoms with van der Waals surface area (Å²) in [5.74, 6) is 0.201. The number of carbonyl (C=O) groups is 1. The molecule has 3 aromatic rings. The van der Waals surface area contributed by atoms with Crippen LogP contribution in [0.2, 0.25) is 5.02 Å². The Balaban J connectivity index is 1.74. The van der Waals surface area contributed by atoms with Gasteiger partial charge in [0.15, 0.2) is 0 Å². The number of halogens is 1. The lowest BCUT2D eigenvalue weighted by Gasteiger charge is -2.09. The van der Waals surface area contributed by atoms with Crippen molar-refractivity contribution in [1.29, 1.82) is 0 Å². The van der Waals surface area contributed by atoms with Crippen molar-refractivity contribution in [2.45, 2.75) is 11.8 Å². The normalized spacial score (nSPS) is 11.6. The molecular formula is C22H20ClN3O4S. The number of rotatable bonds is 7. The second-order valence-corrected chi connectivity index (χ2v) is 8.55. The predicted octanol–water partition coefficient (Wildman–Crippen LogP) is 4.30. The van der Waals surface area contributed by atoms with E-state index in [0.717, 1.165) is 0 Å². The largest absolute Gasteiger partial charge is 0.497 e.